The first-order valence-electron chi connectivity index (χ1n) is 8.51. The summed E-state index contributed by atoms with van der Waals surface area (Å²) in [6, 6.07) is 14.7. The molecule has 31 heavy (non-hydrogen) atoms. The van der Waals surface area contributed by atoms with Gasteiger partial charge in [0.15, 0.2) is 0 Å². The summed E-state index contributed by atoms with van der Waals surface area (Å²) >= 11 is 18.8. The predicted molar refractivity (Wildman–Crippen MR) is 126 cm³/mol. The Morgan fingerprint density at radius 2 is 1.39 bits per heavy atom. The number of hydrogen-bond donors (Lipinski definition) is 2. The van der Waals surface area contributed by atoms with Crippen LogP contribution in [-0.2, 0) is 20.0 Å². The number of sulfonamides is 2. The van der Waals surface area contributed by atoms with Gasteiger partial charge in [-0.25, -0.2) is 16.8 Å². The molecule has 0 saturated heterocycles. The highest BCUT2D eigenvalue weighted by Crippen LogP contribution is 2.36. The van der Waals surface area contributed by atoms with Gasteiger partial charge >= 0.3 is 0 Å². The molecule has 2 N–H and O–H groups in total. The summed E-state index contributed by atoms with van der Waals surface area (Å²) in [5.41, 5.74) is 0.645. The smallest absolute Gasteiger partial charge is 0.261 e. The van der Waals surface area contributed by atoms with Gasteiger partial charge in [-0.2, -0.15) is 0 Å². The maximum Gasteiger partial charge on any atom is 0.261 e. The van der Waals surface area contributed by atoms with E-state index >= 15 is 0 Å². The minimum Gasteiger partial charge on any atom is -0.278 e. The van der Waals surface area contributed by atoms with Gasteiger partial charge in [0, 0.05) is 9.92 Å². The second kappa shape index (κ2) is 9.58. The summed E-state index contributed by atoms with van der Waals surface area (Å²) in [4.78, 5) is 0.255. The van der Waals surface area contributed by atoms with Crippen molar-refractivity contribution in [3.8, 4) is 0 Å². The first-order valence-corrected chi connectivity index (χ1v) is 13.4. The van der Waals surface area contributed by atoms with E-state index in [1.165, 1.54) is 42.5 Å². The quantitative estimate of drug-likeness (QED) is 0.375. The molecule has 0 heterocycles. The molecule has 0 spiro atoms. The molecule has 6 nitrogen and oxygen atoms in total. The number of benzene rings is 3. The minimum atomic E-state index is -4.01. The molecule has 0 atom stereocenters. The van der Waals surface area contributed by atoms with Crippen LogP contribution in [0.5, 0.6) is 0 Å². The molecule has 0 radical (unpaired) electrons. The average Bonchev–Trinajstić information content (AvgIpc) is 2.72. The van der Waals surface area contributed by atoms with Crippen LogP contribution in [0.15, 0.2) is 75.4 Å². The van der Waals surface area contributed by atoms with Gasteiger partial charge in [-0.15, -0.1) is 4.13 Å². The first kappa shape index (κ1) is 24.2. The molecule has 0 aliphatic carbocycles. The highest BCUT2D eigenvalue weighted by molar-refractivity contribution is 8.09. The Morgan fingerprint density at radius 3 is 2.03 bits per heavy atom. The predicted octanol–water partition coefficient (Wildman–Crippen LogP) is 5.74. The van der Waals surface area contributed by atoms with Crippen molar-refractivity contribution in [2.45, 2.75) is 21.6 Å². The van der Waals surface area contributed by atoms with Crippen LogP contribution in [0, 0.1) is 6.92 Å². The second-order valence-corrected chi connectivity index (χ2v) is 12.0. The molecule has 0 fully saturated rings. The Balaban J connectivity index is 1.92. The summed E-state index contributed by atoms with van der Waals surface area (Å²) in [6.45, 7) is 1.68. The van der Waals surface area contributed by atoms with Crippen LogP contribution in [0.1, 0.15) is 5.56 Å². The molecule has 0 bridgehead atoms. The van der Waals surface area contributed by atoms with Crippen molar-refractivity contribution in [1.82, 2.24) is 4.13 Å². The molecule has 3 rings (SSSR count). The monoisotopic (exact) mass is 536 g/mol. The minimum absolute atomic E-state index is 0.0127. The second-order valence-electron chi connectivity index (χ2n) is 6.28. The molecule has 0 aliphatic rings. The van der Waals surface area contributed by atoms with E-state index in [1.54, 1.807) is 25.1 Å². The fourth-order valence-electron chi connectivity index (χ4n) is 2.43. The lowest BCUT2D eigenvalue weighted by Crippen LogP contribution is -2.18. The summed E-state index contributed by atoms with van der Waals surface area (Å²) in [6.07, 6.45) is 0. The highest BCUT2D eigenvalue weighted by atomic mass is 35.5. The van der Waals surface area contributed by atoms with Crippen molar-refractivity contribution in [2.24, 2.45) is 0 Å². The van der Waals surface area contributed by atoms with Gasteiger partial charge < -0.3 is 0 Å². The normalized spacial score (nSPS) is 12.0. The number of halogens is 3. The van der Waals surface area contributed by atoms with E-state index in [9.17, 15) is 16.8 Å². The lowest BCUT2D eigenvalue weighted by molar-refractivity contribution is 0.594. The largest absolute Gasteiger partial charge is 0.278 e. The maximum atomic E-state index is 12.9. The van der Waals surface area contributed by atoms with Crippen molar-refractivity contribution in [3.63, 3.8) is 0 Å². The molecule has 0 amide bonds. The van der Waals surface area contributed by atoms with Gasteiger partial charge in [-0.05, 0) is 66.9 Å². The zero-order valence-corrected chi connectivity index (χ0v) is 20.5. The summed E-state index contributed by atoms with van der Waals surface area (Å²) < 4.78 is 55.5. The SMILES string of the molecule is Cc1cc(S(=O)(=O)Nc2cc(Cl)c(Cl)cc2SNS(=O)(=O)c2ccccc2)ccc1Cl. The zero-order valence-electron chi connectivity index (χ0n) is 15.8. The van der Waals surface area contributed by atoms with Crippen LogP contribution in [0.25, 0.3) is 0 Å². The van der Waals surface area contributed by atoms with E-state index in [0.717, 1.165) is 0 Å². The van der Waals surface area contributed by atoms with Crippen LogP contribution in [-0.4, -0.2) is 16.8 Å². The van der Waals surface area contributed by atoms with Gasteiger partial charge in [-0.1, -0.05) is 53.0 Å². The van der Waals surface area contributed by atoms with Crippen molar-refractivity contribution < 1.29 is 16.8 Å². The molecule has 0 unspecified atom stereocenters. The topological polar surface area (TPSA) is 92.3 Å². The third kappa shape index (κ3) is 5.87. The van der Waals surface area contributed by atoms with Crippen LogP contribution in [0.4, 0.5) is 5.69 Å². The molecule has 12 heteroatoms. The molecule has 3 aromatic rings. The van der Waals surface area contributed by atoms with E-state index in [-0.39, 0.29) is 30.4 Å². The third-order valence-corrected chi connectivity index (χ3v) is 9.19. The Bertz CT molecular complexity index is 1330. The van der Waals surface area contributed by atoms with E-state index in [1.807, 2.05) is 0 Å². The Kier molecular flexibility index (Phi) is 7.47. The highest BCUT2D eigenvalue weighted by Gasteiger charge is 2.21. The Morgan fingerprint density at radius 1 is 0.742 bits per heavy atom. The summed E-state index contributed by atoms with van der Waals surface area (Å²) in [7, 11) is -7.87. The van der Waals surface area contributed by atoms with Crippen LogP contribution >= 0.6 is 46.8 Å². The van der Waals surface area contributed by atoms with E-state index in [4.69, 9.17) is 34.8 Å². The van der Waals surface area contributed by atoms with Crippen molar-refractivity contribution in [3.05, 3.63) is 81.3 Å². The van der Waals surface area contributed by atoms with E-state index in [2.05, 4.69) is 8.85 Å². The van der Waals surface area contributed by atoms with Crippen LogP contribution < -0.4 is 8.85 Å². The zero-order chi connectivity index (χ0) is 22.8. The Hall–Kier alpha value is -1.46. The van der Waals surface area contributed by atoms with Crippen LogP contribution in [0.3, 0.4) is 0 Å². The summed E-state index contributed by atoms with van der Waals surface area (Å²) in [5, 5.41) is 0.662. The standard InChI is InChI=1S/C19H15Cl3N2O4S3/c1-12-9-14(7-8-15(12)20)30(25,26)23-18-10-16(21)17(22)11-19(18)29-24-31(27,28)13-5-3-2-4-6-13/h2-11,23-24H,1H3. The lowest BCUT2D eigenvalue weighted by atomic mass is 10.2. The average molecular weight is 538 g/mol. The van der Waals surface area contributed by atoms with Gasteiger partial charge in [-0.3, -0.25) is 4.72 Å². The lowest BCUT2D eigenvalue weighted by Gasteiger charge is -2.15. The molecule has 0 aromatic heterocycles. The first-order chi connectivity index (χ1) is 14.5. The van der Waals surface area contributed by atoms with Crippen molar-refractivity contribution in [1.29, 1.82) is 0 Å². The molecule has 3 aromatic carbocycles. The molecular formula is C19H15Cl3N2O4S3. The molecule has 0 aliphatic heterocycles. The molecule has 164 valence electrons. The van der Waals surface area contributed by atoms with Crippen molar-refractivity contribution >= 4 is 72.5 Å². The van der Waals surface area contributed by atoms with Crippen molar-refractivity contribution in [2.75, 3.05) is 4.72 Å². The van der Waals surface area contributed by atoms with E-state index < -0.39 is 20.0 Å². The summed E-state index contributed by atoms with van der Waals surface area (Å²) in [5.74, 6) is 0. The molecular weight excluding hydrogens is 523 g/mol. The fraction of sp³-hybridized carbons (Fsp3) is 0.0526. The van der Waals surface area contributed by atoms with Gasteiger partial charge in [0.05, 0.1) is 25.5 Å². The van der Waals surface area contributed by atoms with E-state index in [0.29, 0.717) is 22.5 Å². The number of nitrogens with one attached hydrogen (secondary N) is 2. The number of aryl methyl sites for hydroxylation is 1. The fourth-order valence-corrected chi connectivity index (χ4v) is 6.25. The number of rotatable bonds is 7. The van der Waals surface area contributed by atoms with Crippen LogP contribution in [0.2, 0.25) is 15.1 Å². The number of anilines is 1. The molecule has 0 saturated carbocycles. The Labute approximate surface area is 200 Å². The number of hydrogen-bond acceptors (Lipinski definition) is 5. The maximum absolute atomic E-state index is 12.9. The van der Waals surface area contributed by atoms with Gasteiger partial charge in [0.25, 0.3) is 10.0 Å². The van der Waals surface area contributed by atoms with Gasteiger partial charge in [0.2, 0.25) is 10.0 Å². The third-order valence-electron chi connectivity index (χ3n) is 4.02. The van der Waals surface area contributed by atoms with Gasteiger partial charge in [0.1, 0.15) is 0 Å².